The maximum Gasteiger partial charge on any atom is 2.00 e. The fraction of sp³-hybridized carbons (Fsp3) is 0.400. The maximum absolute atomic E-state index is 6.09. The smallest absolute Gasteiger partial charge is 1.00 e. The molecule has 0 amide bonds. The summed E-state index contributed by atoms with van der Waals surface area (Å²) in [4.78, 5) is 30.4. The van der Waals surface area contributed by atoms with Gasteiger partial charge >= 0.3 is 28.3 Å². The monoisotopic (exact) mass is 1050 g/mol. The molecule has 4 rings (SSSR count). The van der Waals surface area contributed by atoms with Crippen LogP contribution in [0.5, 0.6) is 0 Å². The molecule has 2 heterocycles. The molecular weight excluding hydrogens is 1020 g/mol. The number of benzene rings is 2. The molecule has 2 aliphatic heterocycles. The van der Waals surface area contributed by atoms with Crippen molar-refractivity contribution >= 4 is 151 Å². The summed E-state index contributed by atoms with van der Waals surface area (Å²) < 4.78 is -1.50. The van der Waals surface area contributed by atoms with Crippen molar-refractivity contribution in [1.82, 2.24) is 0 Å². The van der Waals surface area contributed by atoms with Crippen molar-refractivity contribution in [2.75, 3.05) is 0 Å². The van der Waals surface area contributed by atoms with Crippen LogP contribution in [0.2, 0.25) is 20.1 Å². The zero-order chi connectivity index (χ0) is 40.1. The standard InChI is InChI=1S/2C14H16Cl2N4O2.2CHCl3.2ClH.Ni/c2*1-7(2)19-21-14(22-20-8(3)4)10-6-12(16)11(15)5-9(10)13(17)18-14;2*2-1(3)4;;;/h2*5-6H,1-4H3,(H2,17,18);2*1H;2*1H;/q;;;;;;+2/p-2. The molecule has 312 valence electrons. The summed E-state index contributed by atoms with van der Waals surface area (Å²) in [6.07, 6.45) is 0. The van der Waals surface area contributed by atoms with Gasteiger partial charge < -0.3 is 55.6 Å². The molecule has 0 fully saturated rings. The van der Waals surface area contributed by atoms with Gasteiger partial charge in [-0.2, -0.15) is 9.98 Å². The van der Waals surface area contributed by atoms with Crippen LogP contribution >= 0.6 is 116 Å². The topological polar surface area (TPSA) is 163 Å². The van der Waals surface area contributed by atoms with Crippen LogP contribution in [0.25, 0.3) is 0 Å². The van der Waals surface area contributed by atoms with E-state index in [1.54, 1.807) is 79.7 Å². The van der Waals surface area contributed by atoms with Gasteiger partial charge in [0, 0.05) is 11.1 Å². The van der Waals surface area contributed by atoms with E-state index in [2.05, 4.69) is 30.6 Å². The first kappa shape index (κ1) is 58.6. The van der Waals surface area contributed by atoms with Crippen molar-refractivity contribution in [3.8, 4) is 0 Å². The third-order valence-electron chi connectivity index (χ3n) is 5.30. The number of fused-ring (bicyclic) bond motifs is 2. The predicted molar refractivity (Wildman–Crippen MR) is 220 cm³/mol. The summed E-state index contributed by atoms with van der Waals surface area (Å²) in [5.74, 6) is -2.80. The molecule has 55 heavy (non-hydrogen) atoms. The Bertz CT molecular complexity index is 1580. The second-order valence-electron chi connectivity index (χ2n) is 10.8. The minimum atomic E-state index is -1.61. The fourth-order valence-corrected chi connectivity index (χ4v) is 4.18. The second-order valence-corrected chi connectivity index (χ2v) is 16.4. The molecule has 2 aromatic carbocycles. The molecule has 0 saturated carbocycles. The summed E-state index contributed by atoms with van der Waals surface area (Å²) in [5, 5.41) is 17.1. The van der Waals surface area contributed by atoms with Gasteiger partial charge in [0.05, 0.1) is 54.1 Å². The van der Waals surface area contributed by atoms with Crippen LogP contribution in [0, 0.1) is 0 Å². The Morgan fingerprint density at radius 2 is 0.709 bits per heavy atom. The number of aliphatic imine (C=N–C) groups is 2. The molecule has 25 heteroatoms. The SMILES string of the molecule is CC(C)=NOC1(ON=C(C)C)N=C(N)c2cc(Cl)c(Cl)cc21.CC(C)=NOC1(ON=C(C)C)N=C(N)c2cc(Cl)c(Cl)cc21.ClC(Cl)Cl.ClC(Cl)Cl.[Cl-].[Cl-].[Ni+2]. The first-order chi connectivity index (χ1) is 24.0. The molecule has 0 atom stereocenters. The van der Waals surface area contributed by atoms with E-state index in [1.165, 1.54) is 0 Å². The molecule has 0 aromatic heterocycles. The first-order valence-corrected chi connectivity index (χ1v) is 18.4. The van der Waals surface area contributed by atoms with Gasteiger partial charge in [0.15, 0.2) is 8.59 Å². The molecule has 0 spiro atoms. The number of nitrogens with zero attached hydrogens (tertiary/aromatic N) is 6. The van der Waals surface area contributed by atoms with Crippen molar-refractivity contribution in [3.63, 3.8) is 0 Å². The van der Waals surface area contributed by atoms with Crippen LogP contribution in [0.3, 0.4) is 0 Å². The average molecular weight is 1050 g/mol. The van der Waals surface area contributed by atoms with E-state index in [0.717, 1.165) is 0 Å². The van der Waals surface area contributed by atoms with Gasteiger partial charge in [-0.25, -0.2) is 0 Å². The van der Waals surface area contributed by atoms with Crippen LogP contribution in [0.1, 0.15) is 77.6 Å². The Morgan fingerprint density at radius 3 is 0.909 bits per heavy atom. The van der Waals surface area contributed by atoms with Crippen molar-refractivity contribution in [3.05, 3.63) is 66.6 Å². The summed E-state index contributed by atoms with van der Waals surface area (Å²) >= 11 is 53.1. The number of amidine groups is 2. The molecule has 4 N–H and O–H groups in total. The van der Waals surface area contributed by atoms with Crippen molar-refractivity contribution < 1.29 is 60.7 Å². The van der Waals surface area contributed by atoms with E-state index in [-0.39, 0.29) is 53.0 Å². The molecule has 0 saturated heterocycles. The maximum atomic E-state index is 6.09. The Kier molecular flexibility index (Phi) is 28.8. The molecule has 12 nitrogen and oxygen atoms in total. The number of oxime groups is 4. The second kappa shape index (κ2) is 27.1. The van der Waals surface area contributed by atoms with Crippen LogP contribution < -0.4 is 36.3 Å². The van der Waals surface area contributed by atoms with Crippen LogP contribution in [0.4, 0.5) is 0 Å². The Hall–Kier alpha value is -0.766. The first-order valence-electron chi connectivity index (χ1n) is 14.3. The van der Waals surface area contributed by atoms with E-state index in [1.807, 2.05) is 0 Å². The van der Waals surface area contributed by atoms with Crippen LogP contribution in [-0.4, -0.2) is 43.1 Å². The summed E-state index contributed by atoms with van der Waals surface area (Å²) in [6, 6.07) is 6.39. The Balaban J connectivity index is -0.000000786. The zero-order valence-electron chi connectivity index (χ0n) is 29.8. The molecule has 0 radical (unpaired) electrons. The van der Waals surface area contributed by atoms with Gasteiger partial charge in [0.25, 0.3) is 0 Å². The van der Waals surface area contributed by atoms with E-state index in [0.29, 0.717) is 65.2 Å². The quantitative estimate of drug-likeness (QED) is 0.120. The predicted octanol–water partition coefficient (Wildman–Crippen LogP) is 5.27. The summed E-state index contributed by atoms with van der Waals surface area (Å²) in [7, 11) is 0. The third kappa shape index (κ3) is 19.2. The molecular formula is C30H34Cl12N8NiO4. The molecule has 2 aromatic rings. The molecule has 0 aliphatic carbocycles. The van der Waals surface area contributed by atoms with Gasteiger partial charge in [-0.3, -0.25) is 0 Å². The van der Waals surface area contributed by atoms with Crippen molar-refractivity contribution in [2.24, 2.45) is 42.1 Å². The van der Waals surface area contributed by atoms with Gasteiger partial charge in [-0.05, 0) is 79.7 Å². The normalized spacial score (nSPS) is 13.1. The van der Waals surface area contributed by atoms with Gasteiger partial charge in [-0.1, -0.05) is 137 Å². The van der Waals surface area contributed by atoms with E-state index in [4.69, 9.17) is 147 Å². The number of halogens is 12. The average Bonchev–Trinajstić information content (AvgIpc) is 3.42. The number of rotatable bonds is 8. The van der Waals surface area contributed by atoms with E-state index >= 15 is 0 Å². The van der Waals surface area contributed by atoms with Crippen molar-refractivity contribution in [2.45, 2.75) is 75.8 Å². The molecule has 0 unspecified atom stereocenters. The van der Waals surface area contributed by atoms with E-state index < -0.39 is 20.4 Å². The van der Waals surface area contributed by atoms with Gasteiger partial charge in [0.1, 0.15) is 11.7 Å². The Morgan fingerprint density at radius 1 is 0.509 bits per heavy atom. The number of hydrogen-bond donors (Lipinski definition) is 2. The number of nitrogens with two attached hydrogens (primary N) is 2. The molecule has 0 bridgehead atoms. The van der Waals surface area contributed by atoms with Crippen LogP contribution in [0.15, 0.2) is 54.9 Å². The van der Waals surface area contributed by atoms with Gasteiger partial charge in [0.2, 0.25) is 0 Å². The molecule has 2 aliphatic rings. The summed E-state index contributed by atoms with van der Waals surface area (Å²) in [6.45, 7) is 14.2. The number of hydrogen-bond acceptors (Lipinski definition) is 12. The fourth-order valence-electron chi connectivity index (χ4n) is 3.52. The van der Waals surface area contributed by atoms with Crippen molar-refractivity contribution in [1.29, 1.82) is 0 Å². The number of alkyl halides is 6. The van der Waals surface area contributed by atoms with Gasteiger partial charge in [-0.15, -0.1) is 0 Å². The largest absolute Gasteiger partial charge is 2.00 e. The van der Waals surface area contributed by atoms with E-state index in [9.17, 15) is 0 Å². The minimum absolute atomic E-state index is 0. The third-order valence-corrected chi connectivity index (χ3v) is 6.74. The zero-order valence-corrected chi connectivity index (χ0v) is 39.8. The van der Waals surface area contributed by atoms with Crippen LogP contribution in [-0.2, 0) is 47.7 Å². The summed E-state index contributed by atoms with van der Waals surface area (Å²) in [5.41, 5.74) is 16.8. The minimum Gasteiger partial charge on any atom is -1.00 e. The Labute approximate surface area is 392 Å².